The third-order valence-electron chi connectivity index (χ3n) is 5.21. The molecule has 0 saturated carbocycles. The van der Waals surface area contributed by atoms with Gasteiger partial charge < -0.3 is 19.9 Å². The molecule has 4 rings (SSSR count). The van der Waals surface area contributed by atoms with Gasteiger partial charge >= 0.3 is 6.36 Å². The highest BCUT2D eigenvalue weighted by Crippen LogP contribution is 2.29. The minimum Gasteiger partial charge on any atom is -0.406 e. The number of nitrogens with one attached hydrogen (secondary N) is 1. The van der Waals surface area contributed by atoms with Crippen LogP contribution in [0.3, 0.4) is 0 Å². The van der Waals surface area contributed by atoms with Crippen molar-refractivity contribution in [1.82, 2.24) is 9.88 Å². The Morgan fingerprint density at radius 2 is 1.88 bits per heavy atom. The molecule has 0 saturated heterocycles. The molecule has 1 N–H and O–H groups in total. The lowest BCUT2D eigenvalue weighted by molar-refractivity contribution is -0.274. The van der Waals surface area contributed by atoms with Crippen molar-refractivity contribution < 1.29 is 22.7 Å². The number of carbonyl (C=O) groups excluding carboxylic acids is 1. The summed E-state index contributed by atoms with van der Waals surface area (Å²) >= 11 is 6.14. The summed E-state index contributed by atoms with van der Waals surface area (Å²) in [7, 11) is 0. The zero-order chi connectivity index (χ0) is 24.3. The maximum absolute atomic E-state index is 12.7. The number of pyridine rings is 1. The van der Waals surface area contributed by atoms with E-state index in [2.05, 4.69) is 19.9 Å². The van der Waals surface area contributed by atoms with E-state index in [1.807, 2.05) is 24.1 Å². The molecular weight excluding hydrogens is 469 g/mol. The summed E-state index contributed by atoms with van der Waals surface area (Å²) in [6, 6.07) is 14.3. The second kappa shape index (κ2) is 9.64. The largest absolute Gasteiger partial charge is 0.573 e. The fourth-order valence-electron chi connectivity index (χ4n) is 3.53. The predicted molar refractivity (Wildman–Crippen MR) is 123 cm³/mol. The lowest BCUT2D eigenvalue weighted by atomic mass is 10.1. The van der Waals surface area contributed by atoms with Crippen LogP contribution in [0.1, 0.15) is 22.8 Å². The summed E-state index contributed by atoms with van der Waals surface area (Å²) in [5.41, 5.74) is 3.45. The summed E-state index contributed by atoms with van der Waals surface area (Å²) in [5.74, 6) is -0.611. The van der Waals surface area contributed by atoms with E-state index in [0.29, 0.717) is 29.5 Å². The minimum absolute atomic E-state index is 0.274. The molecule has 34 heavy (non-hydrogen) atoms. The number of halogens is 4. The number of rotatable bonds is 6. The molecule has 0 unspecified atom stereocenters. The second-order valence-electron chi connectivity index (χ2n) is 7.59. The number of benzene rings is 2. The van der Waals surface area contributed by atoms with Gasteiger partial charge in [-0.3, -0.25) is 9.78 Å². The van der Waals surface area contributed by atoms with Crippen LogP contribution in [0.2, 0.25) is 5.02 Å². The Balaban J connectivity index is 1.45. The first-order valence-electron chi connectivity index (χ1n) is 10.2. The van der Waals surface area contributed by atoms with E-state index in [1.165, 1.54) is 12.1 Å². The van der Waals surface area contributed by atoms with Gasteiger partial charge in [0.1, 0.15) is 5.75 Å². The van der Waals surface area contributed by atoms with Gasteiger partial charge in [0.25, 0.3) is 5.91 Å². The summed E-state index contributed by atoms with van der Waals surface area (Å²) in [5, 5.41) is 3.23. The molecule has 0 radical (unpaired) electrons. The van der Waals surface area contributed by atoms with Gasteiger partial charge in [-0.1, -0.05) is 23.7 Å². The van der Waals surface area contributed by atoms with E-state index < -0.39 is 6.36 Å². The van der Waals surface area contributed by atoms with Crippen LogP contribution in [0.15, 0.2) is 78.9 Å². The molecule has 176 valence electrons. The normalized spacial score (nSPS) is 13.6. The average Bonchev–Trinajstić information content (AvgIpc) is 3.15. The topological polar surface area (TPSA) is 57.7 Å². The molecule has 10 heteroatoms. The molecule has 1 aromatic heterocycles. The summed E-state index contributed by atoms with van der Waals surface area (Å²) in [6.07, 6.45) is 0.401. The number of allylic oxidation sites excluding steroid dienone is 1. The first-order valence-corrected chi connectivity index (χ1v) is 10.6. The lowest BCUT2D eigenvalue weighted by Crippen LogP contribution is -2.26. The van der Waals surface area contributed by atoms with Crippen molar-refractivity contribution in [2.75, 3.05) is 16.9 Å². The van der Waals surface area contributed by atoms with Gasteiger partial charge in [-0.25, -0.2) is 0 Å². The number of aromatic nitrogens is 1. The van der Waals surface area contributed by atoms with Gasteiger partial charge in [-0.15, -0.1) is 13.2 Å². The van der Waals surface area contributed by atoms with Crippen molar-refractivity contribution in [3.63, 3.8) is 0 Å². The number of hydrogen-bond donors (Lipinski definition) is 1. The van der Waals surface area contributed by atoms with Crippen LogP contribution >= 0.6 is 11.6 Å². The van der Waals surface area contributed by atoms with Gasteiger partial charge in [-0.2, -0.15) is 0 Å². The smallest absolute Gasteiger partial charge is 0.406 e. The molecule has 1 amide bonds. The summed E-state index contributed by atoms with van der Waals surface area (Å²) in [4.78, 5) is 20.8. The maximum Gasteiger partial charge on any atom is 0.573 e. The number of carbonyl (C=O) groups is 1. The van der Waals surface area contributed by atoms with Crippen LogP contribution in [0.4, 0.5) is 24.5 Å². The Morgan fingerprint density at radius 1 is 1.15 bits per heavy atom. The Labute approximate surface area is 199 Å². The highest BCUT2D eigenvalue weighted by Gasteiger charge is 2.31. The van der Waals surface area contributed by atoms with Gasteiger partial charge in [0.05, 0.1) is 29.1 Å². The van der Waals surface area contributed by atoms with Crippen LogP contribution in [-0.4, -0.2) is 28.8 Å². The highest BCUT2D eigenvalue weighted by atomic mass is 35.5. The van der Waals surface area contributed by atoms with E-state index in [4.69, 9.17) is 11.6 Å². The first-order chi connectivity index (χ1) is 16.2. The Bertz CT molecular complexity index is 1220. The van der Waals surface area contributed by atoms with E-state index in [9.17, 15) is 18.0 Å². The zero-order valence-corrected chi connectivity index (χ0v) is 18.8. The molecule has 0 atom stereocenters. The second-order valence-corrected chi connectivity index (χ2v) is 8.00. The maximum atomic E-state index is 12.7. The van der Waals surface area contributed by atoms with Gasteiger partial charge in [0.15, 0.2) is 0 Å². The Hall–Kier alpha value is -3.72. The summed E-state index contributed by atoms with van der Waals surface area (Å²) < 4.78 is 41.1. The average molecular weight is 489 g/mol. The van der Waals surface area contributed by atoms with E-state index in [-0.39, 0.29) is 11.7 Å². The Morgan fingerprint density at radius 3 is 2.59 bits per heavy atom. The van der Waals surface area contributed by atoms with Crippen molar-refractivity contribution in [3.8, 4) is 5.75 Å². The third-order valence-corrected chi connectivity index (χ3v) is 5.54. The monoisotopic (exact) mass is 488 g/mol. The number of ether oxygens (including phenoxy) is 1. The van der Waals surface area contributed by atoms with Gasteiger partial charge in [0, 0.05) is 30.3 Å². The SMILES string of the molecule is CC1=CN(c2ccc(OC(F)(F)F)cc2)CN1Cc1ccncc1NC(=O)c1ccccc1Cl. The molecule has 0 aliphatic carbocycles. The standard InChI is InChI=1S/C24H20ClF3N4O2/c1-16-13-32(18-6-8-19(9-7-18)34-24(26,27)28)15-31(16)14-17-10-11-29-12-22(17)30-23(33)20-4-2-3-5-21(20)25/h2-13H,14-15H2,1H3,(H,30,33). The van der Waals surface area contributed by atoms with Crippen molar-refractivity contribution in [3.05, 3.63) is 95.0 Å². The van der Waals surface area contributed by atoms with E-state index in [1.54, 1.807) is 48.8 Å². The van der Waals surface area contributed by atoms with Crippen LogP contribution < -0.4 is 15.0 Å². The number of alkyl halides is 3. The van der Waals surface area contributed by atoms with Gasteiger partial charge in [0.2, 0.25) is 0 Å². The zero-order valence-electron chi connectivity index (χ0n) is 18.0. The molecule has 0 fully saturated rings. The molecule has 1 aliphatic heterocycles. The molecule has 0 bridgehead atoms. The minimum atomic E-state index is -4.73. The lowest BCUT2D eigenvalue weighted by Gasteiger charge is -2.24. The van der Waals surface area contributed by atoms with Crippen molar-refractivity contribution in [1.29, 1.82) is 0 Å². The molecule has 1 aliphatic rings. The predicted octanol–water partition coefficient (Wildman–Crippen LogP) is 6.03. The van der Waals surface area contributed by atoms with Crippen LogP contribution in [0.25, 0.3) is 0 Å². The van der Waals surface area contributed by atoms with Crippen LogP contribution in [0.5, 0.6) is 5.75 Å². The molecule has 6 nitrogen and oxygen atoms in total. The number of hydrogen-bond acceptors (Lipinski definition) is 5. The van der Waals surface area contributed by atoms with Crippen LogP contribution in [-0.2, 0) is 6.54 Å². The Kier molecular flexibility index (Phi) is 6.65. The number of anilines is 2. The quantitative estimate of drug-likeness (QED) is 0.459. The van der Waals surface area contributed by atoms with Gasteiger partial charge in [-0.05, 0) is 55.0 Å². The van der Waals surface area contributed by atoms with E-state index >= 15 is 0 Å². The molecule has 0 spiro atoms. The van der Waals surface area contributed by atoms with Crippen LogP contribution in [0, 0.1) is 0 Å². The third kappa shape index (κ3) is 5.60. The molecule has 2 aromatic carbocycles. The van der Waals surface area contributed by atoms with Crippen molar-refractivity contribution in [2.45, 2.75) is 19.8 Å². The van der Waals surface area contributed by atoms with Crippen molar-refractivity contribution >= 4 is 28.9 Å². The molecule has 2 heterocycles. The van der Waals surface area contributed by atoms with E-state index in [0.717, 1.165) is 16.9 Å². The fourth-order valence-corrected chi connectivity index (χ4v) is 3.75. The number of nitrogens with zero attached hydrogens (tertiary/aromatic N) is 3. The summed E-state index contributed by atoms with van der Waals surface area (Å²) in [6.45, 7) is 2.89. The highest BCUT2D eigenvalue weighted by molar-refractivity contribution is 6.34. The number of amides is 1. The fraction of sp³-hybridized carbons (Fsp3) is 0.167. The molecule has 3 aromatic rings. The first kappa shape index (κ1) is 23.4. The molecular formula is C24H20ClF3N4O2. The van der Waals surface area contributed by atoms with Crippen molar-refractivity contribution in [2.24, 2.45) is 0 Å².